The predicted molar refractivity (Wildman–Crippen MR) is 104 cm³/mol. The van der Waals surface area contributed by atoms with Crippen molar-refractivity contribution >= 4 is 29.2 Å². The van der Waals surface area contributed by atoms with Gasteiger partial charge in [-0.15, -0.1) is 0 Å². The monoisotopic (exact) mass is 413 g/mol. The summed E-state index contributed by atoms with van der Waals surface area (Å²) in [6.07, 6.45) is 4.81. The van der Waals surface area contributed by atoms with Crippen molar-refractivity contribution in [1.82, 2.24) is 0 Å². The molecule has 2 unspecified atom stereocenters. The molecule has 2 atom stereocenters. The second-order valence-electron chi connectivity index (χ2n) is 6.53. The van der Waals surface area contributed by atoms with Gasteiger partial charge in [0, 0.05) is 19.4 Å². The third-order valence-electron chi connectivity index (χ3n) is 4.38. The van der Waals surface area contributed by atoms with Crippen LogP contribution in [0.5, 0.6) is 0 Å². The van der Waals surface area contributed by atoms with Crippen LogP contribution in [0.1, 0.15) is 44.1 Å². The van der Waals surface area contributed by atoms with Gasteiger partial charge in [-0.05, 0) is 49.8 Å². The summed E-state index contributed by atoms with van der Waals surface area (Å²) in [6, 6.07) is 7.36. The lowest BCUT2D eigenvalue weighted by atomic mass is 9.95. The molecule has 0 amide bonds. The summed E-state index contributed by atoms with van der Waals surface area (Å²) < 4.78 is 16.5. The highest BCUT2D eigenvalue weighted by molar-refractivity contribution is 6.42. The van der Waals surface area contributed by atoms with Crippen molar-refractivity contribution in [3.8, 4) is 6.07 Å². The van der Waals surface area contributed by atoms with Crippen LogP contribution in [0, 0.1) is 17.2 Å². The van der Waals surface area contributed by atoms with Gasteiger partial charge in [-0.2, -0.15) is 5.26 Å². The first-order chi connectivity index (χ1) is 13.1. The van der Waals surface area contributed by atoms with E-state index in [1.165, 1.54) is 0 Å². The Morgan fingerprint density at radius 3 is 2.85 bits per heavy atom. The molecule has 0 saturated carbocycles. The molecule has 148 valence electrons. The minimum Gasteiger partial charge on any atom is -0.465 e. The van der Waals surface area contributed by atoms with Crippen molar-refractivity contribution < 1.29 is 19.0 Å². The first-order valence-electron chi connectivity index (χ1n) is 9.31. The molecule has 1 fully saturated rings. The van der Waals surface area contributed by atoms with Crippen LogP contribution in [-0.4, -0.2) is 32.1 Å². The number of halogens is 2. The molecule has 0 aromatic heterocycles. The second kappa shape index (κ2) is 12.2. The molecule has 0 N–H and O–H groups in total. The second-order valence-corrected chi connectivity index (χ2v) is 7.35. The standard InChI is InChI=1S/C20H25Cl2NO4/c21-17-8-7-15(14-18(17)22)13-16(5-3-9-23)20(24)27-12-4-11-26-19-6-1-2-10-25-19/h7-8,14,16,19H,1-6,10-13H2. The number of esters is 1. The maximum Gasteiger partial charge on any atom is 0.309 e. The van der Waals surface area contributed by atoms with E-state index in [1.807, 2.05) is 6.07 Å². The predicted octanol–water partition coefficient (Wildman–Crippen LogP) is 4.93. The van der Waals surface area contributed by atoms with Crippen LogP contribution >= 0.6 is 23.2 Å². The number of carbonyl (C=O) groups excluding carboxylic acids is 1. The van der Waals surface area contributed by atoms with E-state index in [2.05, 4.69) is 6.07 Å². The van der Waals surface area contributed by atoms with Gasteiger partial charge >= 0.3 is 5.97 Å². The lowest BCUT2D eigenvalue weighted by Crippen LogP contribution is -2.24. The molecule has 0 aliphatic carbocycles. The smallest absolute Gasteiger partial charge is 0.309 e. The van der Waals surface area contributed by atoms with Gasteiger partial charge in [-0.1, -0.05) is 29.3 Å². The fourth-order valence-electron chi connectivity index (χ4n) is 2.90. The lowest BCUT2D eigenvalue weighted by Gasteiger charge is -2.22. The van der Waals surface area contributed by atoms with Crippen LogP contribution in [0.25, 0.3) is 0 Å². The Balaban J connectivity index is 1.75. The summed E-state index contributed by atoms with van der Waals surface area (Å²) in [4.78, 5) is 12.4. The number of hydrogen-bond acceptors (Lipinski definition) is 5. The Hall–Kier alpha value is -1.32. The molecule has 1 saturated heterocycles. The van der Waals surface area contributed by atoms with Gasteiger partial charge in [0.25, 0.3) is 0 Å². The zero-order valence-corrected chi connectivity index (χ0v) is 16.8. The Labute approximate surface area is 170 Å². The van der Waals surface area contributed by atoms with Gasteiger partial charge in [0.05, 0.1) is 35.2 Å². The van der Waals surface area contributed by atoms with Crippen LogP contribution in [0.15, 0.2) is 18.2 Å². The van der Waals surface area contributed by atoms with E-state index in [0.29, 0.717) is 42.3 Å². The molecule has 27 heavy (non-hydrogen) atoms. The maximum atomic E-state index is 12.4. The van der Waals surface area contributed by atoms with E-state index in [-0.39, 0.29) is 24.8 Å². The minimum atomic E-state index is -0.385. The fourth-order valence-corrected chi connectivity index (χ4v) is 3.22. The molecule has 0 radical (unpaired) electrons. The normalized spacial score (nSPS) is 17.9. The number of nitriles is 1. The van der Waals surface area contributed by atoms with Crippen LogP contribution in [-0.2, 0) is 25.4 Å². The molecular formula is C20H25Cl2NO4. The quantitative estimate of drug-likeness (QED) is 0.401. The van der Waals surface area contributed by atoms with E-state index in [1.54, 1.807) is 12.1 Å². The zero-order chi connectivity index (χ0) is 19.5. The molecule has 1 aromatic carbocycles. The number of nitrogens with zero attached hydrogens (tertiary/aromatic N) is 1. The average molecular weight is 414 g/mol. The molecule has 0 bridgehead atoms. The van der Waals surface area contributed by atoms with Crippen LogP contribution in [0.2, 0.25) is 10.0 Å². The van der Waals surface area contributed by atoms with E-state index in [4.69, 9.17) is 42.7 Å². The molecule has 1 heterocycles. The Bertz CT molecular complexity index is 641. The first-order valence-corrected chi connectivity index (χ1v) is 10.1. The van der Waals surface area contributed by atoms with Gasteiger partial charge < -0.3 is 14.2 Å². The number of hydrogen-bond donors (Lipinski definition) is 0. The van der Waals surface area contributed by atoms with Gasteiger partial charge in [-0.3, -0.25) is 4.79 Å². The van der Waals surface area contributed by atoms with Gasteiger partial charge in [-0.25, -0.2) is 0 Å². The highest BCUT2D eigenvalue weighted by Crippen LogP contribution is 2.25. The highest BCUT2D eigenvalue weighted by atomic mass is 35.5. The summed E-state index contributed by atoms with van der Waals surface area (Å²) >= 11 is 12.0. The summed E-state index contributed by atoms with van der Waals surface area (Å²) in [5.74, 6) is -0.685. The average Bonchev–Trinajstić information content (AvgIpc) is 2.68. The molecule has 1 aliphatic heterocycles. The molecular weight excluding hydrogens is 389 g/mol. The zero-order valence-electron chi connectivity index (χ0n) is 15.3. The van der Waals surface area contributed by atoms with Crippen molar-refractivity contribution in [2.24, 2.45) is 5.92 Å². The highest BCUT2D eigenvalue weighted by Gasteiger charge is 2.21. The third-order valence-corrected chi connectivity index (χ3v) is 5.12. The van der Waals surface area contributed by atoms with Crippen LogP contribution in [0.4, 0.5) is 0 Å². The maximum absolute atomic E-state index is 12.4. The number of ether oxygens (including phenoxy) is 3. The first kappa shape index (κ1) is 22.0. The summed E-state index contributed by atoms with van der Waals surface area (Å²) in [5.41, 5.74) is 0.891. The summed E-state index contributed by atoms with van der Waals surface area (Å²) in [6.45, 7) is 1.53. The van der Waals surface area contributed by atoms with Crippen molar-refractivity contribution in [2.75, 3.05) is 19.8 Å². The van der Waals surface area contributed by atoms with E-state index >= 15 is 0 Å². The number of rotatable bonds is 10. The molecule has 1 aromatic rings. The SMILES string of the molecule is N#CCCC(Cc1ccc(Cl)c(Cl)c1)C(=O)OCCCOC1CCCCO1. The van der Waals surface area contributed by atoms with Crippen molar-refractivity contribution in [1.29, 1.82) is 5.26 Å². The number of carbonyl (C=O) groups is 1. The van der Waals surface area contributed by atoms with E-state index in [0.717, 1.165) is 31.4 Å². The van der Waals surface area contributed by atoms with E-state index < -0.39 is 0 Å². The largest absolute Gasteiger partial charge is 0.465 e. The molecule has 5 nitrogen and oxygen atoms in total. The molecule has 2 rings (SSSR count). The lowest BCUT2D eigenvalue weighted by molar-refractivity contribution is -0.166. The Morgan fingerprint density at radius 2 is 2.15 bits per heavy atom. The van der Waals surface area contributed by atoms with Crippen LogP contribution < -0.4 is 0 Å². The van der Waals surface area contributed by atoms with Crippen molar-refractivity contribution in [3.05, 3.63) is 33.8 Å². The Morgan fingerprint density at radius 1 is 1.30 bits per heavy atom. The Kier molecular flexibility index (Phi) is 9.93. The molecule has 0 spiro atoms. The third kappa shape index (κ3) is 8.06. The number of benzene rings is 1. The van der Waals surface area contributed by atoms with Gasteiger partial charge in [0.1, 0.15) is 0 Å². The van der Waals surface area contributed by atoms with Crippen molar-refractivity contribution in [2.45, 2.75) is 51.2 Å². The molecule has 1 aliphatic rings. The van der Waals surface area contributed by atoms with Crippen molar-refractivity contribution in [3.63, 3.8) is 0 Å². The summed E-state index contributed by atoms with van der Waals surface area (Å²) in [5, 5.41) is 9.76. The minimum absolute atomic E-state index is 0.132. The van der Waals surface area contributed by atoms with Gasteiger partial charge in [0.2, 0.25) is 0 Å². The topological polar surface area (TPSA) is 68.6 Å². The van der Waals surface area contributed by atoms with Crippen LogP contribution in [0.3, 0.4) is 0 Å². The van der Waals surface area contributed by atoms with Gasteiger partial charge in [0.15, 0.2) is 6.29 Å². The fraction of sp³-hybridized carbons (Fsp3) is 0.600. The van der Waals surface area contributed by atoms with E-state index in [9.17, 15) is 4.79 Å². The summed E-state index contributed by atoms with van der Waals surface area (Å²) in [7, 11) is 0. The molecule has 7 heteroatoms.